The van der Waals surface area contributed by atoms with Crippen LogP contribution in [0.3, 0.4) is 0 Å². The van der Waals surface area contributed by atoms with E-state index in [1.165, 1.54) is 18.2 Å². The molecule has 0 aliphatic carbocycles. The summed E-state index contributed by atoms with van der Waals surface area (Å²) in [6.45, 7) is 3.42. The van der Waals surface area contributed by atoms with Crippen molar-refractivity contribution in [3.63, 3.8) is 0 Å². The molecule has 2 amide bonds. The fourth-order valence-electron chi connectivity index (χ4n) is 3.28. The number of nitro benzene ring substituents is 1. The van der Waals surface area contributed by atoms with Crippen molar-refractivity contribution in [1.29, 1.82) is 0 Å². The Morgan fingerprint density at radius 2 is 1.72 bits per heavy atom. The Kier molecular flexibility index (Phi) is 5.72. The van der Waals surface area contributed by atoms with Gasteiger partial charge >= 0.3 is 5.97 Å². The number of imide groups is 1. The molecule has 0 saturated carbocycles. The highest BCUT2D eigenvalue weighted by Gasteiger charge is 2.45. The number of nitro groups is 1. The van der Waals surface area contributed by atoms with E-state index in [-0.39, 0.29) is 29.3 Å². The molecule has 0 fully saturated rings. The summed E-state index contributed by atoms with van der Waals surface area (Å²) in [6, 6.07) is 11.1. The average molecular weight is 396 g/mol. The summed E-state index contributed by atoms with van der Waals surface area (Å²) in [7, 11) is 0. The van der Waals surface area contributed by atoms with E-state index in [9.17, 15) is 24.5 Å². The molecule has 150 valence electrons. The predicted molar refractivity (Wildman–Crippen MR) is 103 cm³/mol. The minimum atomic E-state index is -1.08. The van der Waals surface area contributed by atoms with Crippen molar-refractivity contribution in [2.75, 3.05) is 0 Å². The van der Waals surface area contributed by atoms with Gasteiger partial charge in [0.05, 0.1) is 16.1 Å². The first-order valence-electron chi connectivity index (χ1n) is 9.22. The Balaban J connectivity index is 1.82. The Morgan fingerprint density at radius 3 is 2.28 bits per heavy atom. The summed E-state index contributed by atoms with van der Waals surface area (Å²) in [5.74, 6) is -2.10. The number of benzene rings is 2. The van der Waals surface area contributed by atoms with Gasteiger partial charge in [-0.3, -0.25) is 24.6 Å². The quantitative estimate of drug-likeness (QED) is 0.307. The number of non-ortho nitro benzene ring substituents is 1. The van der Waals surface area contributed by atoms with Crippen molar-refractivity contribution in [3.05, 3.63) is 75.3 Å². The van der Waals surface area contributed by atoms with E-state index in [0.717, 1.165) is 4.90 Å². The first-order valence-corrected chi connectivity index (χ1v) is 9.22. The molecule has 0 saturated heterocycles. The van der Waals surface area contributed by atoms with E-state index in [2.05, 4.69) is 0 Å². The maximum Gasteiger partial charge on any atom is 0.329 e. The Hall–Kier alpha value is -3.55. The highest BCUT2D eigenvalue weighted by molar-refractivity contribution is 6.22. The van der Waals surface area contributed by atoms with Crippen LogP contribution in [0.25, 0.3) is 0 Å². The smallest absolute Gasteiger partial charge is 0.329 e. The van der Waals surface area contributed by atoms with Crippen LogP contribution in [0, 0.1) is 16.0 Å². The summed E-state index contributed by atoms with van der Waals surface area (Å²) in [5.41, 5.74) is 0.852. The normalized spacial score (nSPS) is 15.0. The Bertz CT molecular complexity index is 952. The van der Waals surface area contributed by atoms with Gasteiger partial charge in [-0.1, -0.05) is 44.5 Å². The number of hydrogen-bond donors (Lipinski definition) is 0. The maximum absolute atomic E-state index is 12.9. The van der Waals surface area contributed by atoms with Crippen LogP contribution in [0.2, 0.25) is 0 Å². The molecule has 2 aromatic carbocycles. The lowest BCUT2D eigenvalue weighted by Gasteiger charge is -2.28. The SMILES string of the molecule is CC[C@H](C)[C@@H](C(=O)OCc1cccc([N+](=O)[O-])c1)N1C(=O)c2ccccc2C1=O. The van der Waals surface area contributed by atoms with Gasteiger partial charge in [0.2, 0.25) is 0 Å². The Labute approximate surface area is 167 Å². The van der Waals surface area contributed by atoms with E-state index >= 15 is 0 Å². The first kappa shape index (κ1) is 20.2. The second kappa shape index (κ2) is 8.22. The van der Waals surface area contributed by atoms with Crippen LogP contribution in [0.1, 0.15) is 46.5 Å². The molecule has 3 rings (SSSR count). The second-order valence-electron chi connectivity index (χ2n) is 6.89. The molecule has 2 aromatic rings. The fourth-order valence-corrected chi connectivity index (χ4v) is 3.28. The van der Waals surface area contributed by atoms with Crippen LogP contribution >= 0.6 is 0 Å². The molecular weight excluding hydrogens is 376 g/mol. The van der Waals surface area contributed by atoms with Gasteiger partial charge in [0.25, 0.3) is 17.5 Å². The molecule has 0 radical (unpaired) electrons. The van der Waals surface area contributed by atoms with Gasteiger partial charge in [0, 0.05) is 12.1 Å². The summed E-state index contributed by atoms with van der Waals surface area (Å²) < 4.78 is 5.35. The van der Waals surface area contributed by atoms with Crippen LogP contribution < -0.4 is 0 Å². The van der Waals surface area contributed by atoms with E-state index < -0.39 is 28.7 Å². The van der Waals surface area contributed by atoms with Crippen molar-refractivity contribution in [2.24, 2.45) is 5.92 Å². The topological polar surface area (TPSA) is 107 Å². The van der Waals surface area contributed by atoms with Gasteiger partial charge in [-0.15, -0.1) is 0 Å². The summed E-state index contributed by atoms with van der Waals surface area (Å²) in [6.07, 6.45) is 0.546. The van der Waals surface area contributed by atoms with Crippen LogP contribution in [-0.2, 0) is 16.1 Å². The summed E-state index contributed by atoms with van der Waals surface area (Å²) >= 11 is 0. The van der Waals surface area contributed by atoms with Gasteiger partial charge in [-0.2, -0.15) is 0 Å². The number of esters is 1. The molecule has 0 unspecified atom stereocenters. The van der Waals surface area contributed by atoms with E-state index in [4.69, 9.17) is 4.74 Å². The maximum atomic E-state index is 12.9. The van der Waals surface area contributed by atoms with Gasteiger partial charge in [0.1, 0.15) is 12.6 Å². The number of ether oxygens (including phenoxy) is 1. The lowest BCUT2D eigenvalue weighted by atomic mass is 9.97. The minimum Gasteiger partial charge on any atom is -0.459 e. The third kappa shape index (κ3) is 3.87. The second-order valence-corrected chi connectivity index (χ2v) is 6.89. The average Bonchev–Trinajstić information content (AvgIpc) is 2.98. The first-order chi connectivity index (χ1) is 13.8. The highest BCUT2D eigenvalue weighted by atomic mass is 16.6. The fraction of sp³-hybridized carbons (Fsp3) is 0.286. The van der Waals surface area contributed by atoms with Crippen molar-refractivity contribution in [3.8, 4) is 0 Å². The van der Waals surface area contributed by atoms with Crippen LogP contribution in [-0.4, -0.2) is 33.6 Å². The highest BCUT2D eigenvalue weighted by Crippen LogP contribution is 2.29. The number of carbonyl (C=O) groups is 3. The predicted octanol–water partition coefficient (Wildman–Crippen LogP) is 3.35. The number of carbonyl (C=O) groups excluding carboxylic acids is 3. The number of rotatable bonds is 7. The Morgan fingerprint density at radius 1 is 1.10 bits per heavy atom. The monoisotopic (exact) mass is 396 g/mol. The molecule has 0 bridgehead atoms. The molecule has 8 heteroatoms. The standard InChI is InChI=1S/C21H20N2O6/c1-3-13(2)18(22-19(24)16-9-4-5-10-17(16)20(22)25)21(26)29-12-14-7-6-8-15(11-14)23(27)28/h4-11,13,18H,3,12H2,1-2H3/t13-,18-/m0/s1. The summed E-state index contributed by atoms with van der Waals surface area (Å²) in [4.78, 5) is 49.8. The number of amides is 2. The lowest BCUT2D eigenvalue weighted by Crippen LogP contribution is -2.49. The molecule has 1 aliphatic heterocycles. The van der Waals surface area contributed by atoms with Crippen LogP contribution in [0.5, 0.6) is 0 Å². The van der Waals surface area contributed by atoms with Crippen molar-refractivity contribution < 1.29 is 24.0 Å². The van der Waals surface area contributed by atoms with Gasteiger partial charge < -0.3 is 4.74 Å². The number of nitrogens with zero attached hydrogens (tertiary/aromatic N) is 2. The van der Waals surface area contributed by atoms with Gasteiger partial charge in [-0.25, -0.2) is 4.79 Å². The van der Waals surface area contributed by atoms with Crippen molar-refractivity contribution in [1.82, 2.24) is 4.90 Å². The zero-order valence-electron chi connectivity index (χ0n) is 16.0. The van der Waals surface area contributed by atoms with Crippen molar-refractivity contribution in [2.45, 2.75) is 32.9 Å². The molecule has 0 N–H and O–H groups in total. The molecule has 29 heavy (non-hydrogen) atoms. The third-order valence-electron chi connectivity index (χ3n) is 5.03. The van der Waals surface area contributed by atoms with Gasteiger partial charge in [-0.05, 0) is 23.6 Å². The molecule has 1 aliphatic rings. The largest absolute Gasteiger partial charge is 0.459 e. The molecule has 1 heterocycles. The molecule has 2 atom stereocenters. The van der Waals surface area contributed by atoms with Crippen LogP contribution in [0.4, 0.5) is 5.69 Å². The van der Waals surface area contributed by atoms with Gasteiger partial charge in [0.15, 0.2) is 0 Å². The minimum absolute atomic E-state index is 0.114. The molecular formula is C21H20N2O6. The summed E-state index contributed by atoms with van der Waals surface area (Å²) in [5, 5.41) is 10.9. The zero-order valence-corrected chi connectivity index (χ0v) is 16.0. The van der Waals surface area contributed by atoms with Crippen molar-refractivity contribution >= 4 is 23.5 Å². The molecule has 0 aromatic heterocycles. The lowest BCUT2D eigenvalue weighted by molar-refractivity contribution is -0.384. The zero-order chi connectivity index (χ0) is 21.1. The number of fused-ring (bicyclic) bond motifs is 1. The van der Waals surface area contributed by atoms with E-state index in [1.807, 2.05) is 6.92 Å². The third-order valence-corrected chi connectivity index (χ3v) is 5.03. The van der Waals surface area contributed by atoms with E-state index in [1.54, 1.807) is 37.3 Å². The van der Waals surface area contributed by atoms with Crippen LogP contribution in [0.15, 0.2) is 48.5 Å². The molecule has 8 nitrogen and oxygen atoms in total. The number of hydrogen-bond acceptors (Lipinski definition) is 6. The van der Waals surface area contributed by atoms with E-state index in [0.29, 0.717) is 12.0 Å². The molecule has 0 spiro atoms.